The van der Waals surface area contributed by atoms with Crippen LogP contribution in [0.1, 0.15) is 12.0 Å². The molecular weight excluding hydrogens is 228 g/mol. The van der Waals surface area contributed by atoms with Crippen LogP contribution in [0.5, 0.6) is 5.75 Å². The maximum absolute atomic E-state index is 11.6. The van der Waals surface area contributed by atoms with Crippen LogP contribution in [0.2, 0.25) is 0 Å². The van der Waals surface area contributed by atoms with Crippen molar-refractivity contribution in [3.05, 3.63) is 35.9 Å². The van der Waals surface area contributed by atoms with Gasteiger partial charge in [-0.25, -0.2) is 0 Å². The maximum atomic E-state index is 11.6. The third kappa shape index (κ3) is 3.11. The van der Waals surface area contributed by atoms with Gasteiger partial charge in [-0.15, -0.1) is 0 Å². The first-order valence-electron chi connectivity index (χ1n) is 5.86. The van der Waals surface area contributed by atoms with Crippen molar-refractivity contribution >= 4 is 12.0 Å². The first kappa shape index (κ1) is 12.2. The summed E-state index contributed by atoms with van der Waals surface area (Å²) < 4.78 is 5.14. The summed E-state index contributed by atoms with van der Waals surface area (Å²) in [5.41, 5.74) is 0.938. The summed E-state index contributed by atoms with van der Waals surface area (Å²) in [4.78, 5) is 13.4. The molecule has 0 spiro atoms. The molecule has 18 heavy (non-hydrogen) atoms. The second-order valence-electron chi connectivity index (χ2n) is 4.03. The molecule has 0 aliphatic carbocycles. The summed E-state index contributed by atoms with van der Waals surface area (Å²) in [6.45, 7) is 1.77. The average Bonchev–Trinajstić information content (AvgIpc) is 2.33. The number of hydrogen-bond acceptors (Lipinski definition) is 3. The van der Waals surface area contributed by atoms with Crippen molar-refractivity contribution in [1.29, 1.82) is 5.26 Å². The van der Waals surface area contributed by atoms with Gasteiger partial charge in [0.05, 0.1) is 0 Å². The number of hydrogen-bond donors (Lipinski definition) is 0. The zero-order valence-corrected chi connectivity index (χ0v) is 10.0. The molecule has 0 saturated carbocycles. The maximum Gasteiger partial charge on any atom is 0.246 e. The minimum Gasteiger partial charge on any atom is -0.479 e. The van der Waals surface area contributed by atoms with Gasteiger partial charge in [0.2, 0.25) is 5.91 Å². The number of ether oxygens (including phenoxy) is 1. The monoisotopic (exact) mass is 242 g/mol. The summed E-state index contributed by atoms with van der Waals surface area (Å²) >= 11 is 0. The van der Waals surface area contributed by atoms with Crippen molar-refractivity contribution in [2.24, 2.45) is 0 Å². The van der Waals surface area contributed by atoms with Gasteiger partial charge in [-0.2, -0.15) is 5.26 Å². The van der Waals surface area contributed by atoms with Gasteiger partial charge in [-0.05, 0) is 30.2 Å². The number of carbonyl (C=O) groups is 1. The van der Waals surface area contributed by atoms with E-state index in [9.17, 15) is 4.79 Å². The van der Waals surface area contributed by atoms with E-state index in [4.69, 9.17) is 10.00 Å². The second-order valence-corrected chi connectivity index (χ2v) is 4.03. The number of carbonyl (C=O) groups excluding carboxylic acids is 1. The molecule has 1 fully saturated rings. The number of nitriles is 1. The molecule has 0 unspecified atom stereocenters. The molecule has 0 N–H and O–H groups in total. The molecule has 1 aliphatic heterocycles. The van der Waals surface area contributed by atoms with E-state index in [0.717, 1.165) is 25.1 Å². The fourth-order valence-corrected chi connectivity index (χ4v) is 1.60. The van der Waals surface area contributed by atoms with Crippen LogP contribution in [0.3, 0.4) is 0 Å². The highest BCUT2D eigenvalue weighted by molar-refractivity contribution is 5.92. The Balaban J connectivity index is 1.91. The van der Waals surface area contributed by atoms with Crippen LogP contribution < -0.4 is 4.74 Å². The highest BCUT2D eigenvalue weighted by Crippen LogP contribution is 2.13. The molecule has 0 atom stereocenters. The minimum atomic E-state index is 0.0443. The fraction of sp³-hybridized carbons (Fsp3) is 0.286. The van der Waals surface area contributed by atoms with Crippen LogP contribution in [0, 0.1) is 11.3 Å². The van der Waals surface area contributed by atoms with E-state index in [1.807, 2.05) is 18.2 Å². The van der Waals surface area contributed by atoms with Crippen LogP contribution in [0.15, 0.2) is 30.3 Å². The molecule has 0 bridgehead atoms. The van der Waals surface area contributed by atoms with Crippen molar-refractivity contribution < 1.29 is 9.53 Å². The molecule has 2 rings (SSSR count). The molecule has 1 aliphatic rings. The van der Waals surface area contributed by atoms with Gasteiger partial charge >= 0.3 is 0 Å². The van der Waals surface area contributed by atoms with Gasteiger partial charge in [0.25, 0.3) is 0 Å². The standard InChI is InChI=1S/C14H14N2O2/c15-8-11-18-13-5-2-12(3-6-13)4-7-14(17)16-9-1-10-16/h2-7H,1,9-11H2. The van der Waals surface area contributed by atoms with E-state index in [0.29, 0.717) is 5.75 Å². The Bertz CT molecular complexity index is 482. The molecule has 1 heterocycles. The predicted octanol–water partition coefficient (Wildman–Crippen LogP) is 1.83. The molecule has 1 amide bonds. The Morgan fingerprint density at radius 3 is 2.67 bits per heavy atom. The number of benzene rings is 1. The van der Waals surface area contributed by atoms with E-state index in [1.165, 1.54) is 0 Å². The number of amides is 1. The summed E-state index contributed by atoms with van der Waals surface area (Å²) in [5.74, 6) is 0.717. The van der Waals surface area contributed by atoms with E-state index in [-0.39, 0.29) is 12.5 Å². The zero-order valence-electron chi connectivity index (χ0n) is 10.0. The smallest absolute Gasteiger partial charge is 0.246 e. The number of rotatable bonds is 4. The van der Waals surface area contributed by atoms with Crippen molar-refractivity contribution in [3.8, 4) is 11.8 Å². The third-order valence-electron chi connectivity index (χ3n) is 2.77. The molecule has 1 saturated heterocycles. The van der Waals surface area contributed by atoms with Crippen LogP contribution in [0.25, 0.3) is 6.08 Å². The summed E-state index contributed by atoms with van der Waals surface area (Å²) in [6, 6.07) is 9.18. The third-order valence-corrected chi connectivity index (χ3v) is 2.77. The van der Waals surface area contributed by atoms with Crippen molar-refractivity contribution in [2.45, 2.75) is 6.42 Å². The number of likely N-dealkylation sites (tertiary alicyclic amines) is 1. The lowest BCUT2D eigenvalue weighted by molar-refractivity contribution is -0.129. The first-order valence-corrected chi connectivity index (χ1v) is 5.86. The predicted molar refractivity (Wildman–Crippen MR) is 67.8 cm³/mol. The highest BCUT2D eigenvalue weighted by atomic mass is 16.5. The van der Waals surface area contributed by atoms with Crippen LogP contribution in [-0.2, 0) is 4.79 Å². The Kier molecular flexibility index (Phi) is 3.98. The molecule has 0 aromatic heterocycles. The molecule has 0 radical (unpaired) electrons. The fourth-order valence-electron chi connectivity index (χ4n) is 1.60. The van der Waals surface area contributed by atoms with Gasteiger partial charge in [0.1, 0.15) is 11.8 Å². The molecule has 1 aromatic carbocycles. The minimum absolute atomic E-state index is 0.0443. The van der Waals surface area contributed by atoms with Crippen LogP contribution in [0.4, 0.5) is 0 Å². The van der Waals surface area contributed by atoms with Gasteiger partial charge in [-0.3, -0.25) is 4.79 Å². The van der Waals surface area contributed by atoms with Crippen LogP contribution in [-0.4, -0.2) is 30.5 Å². The normalized spacial score (nSPS) is 14.1. The summed E-state index contributed by atoms with van der Waals surface area (Å²) in [5, 5.41) is 8.38. The molecule has 1 aromatic rings. The Morgan fingerprint density at radius 1 is 1.39 bits per heavy atom. The Morgan fingerprint density at radius 2 is 2.11 bits per heavy atom. The molecule has 4 nitrogen and oxygen atoms in total. The lowest BCUT2D eigenvalue weighted by Gasteiger charge is -2.29. The van der Waals surface area contributed by atoms with Gasteiger partial charge in [-0.1, -0.05) is 12.1 Å². The number of nitrogens with zero attached hydrogens (tertiary/aromatic N) is 2. The van der Waals surface area contributed by atoms with Gasteiger partial charge < -0.3 is 9.64 Å². The topological polar surface area (TPSA) is 53.3 Å². The van der Waals surface area contributed by atoms with E-state index < -0.39 is 0 Å². The zero-order chi connectivity index (χ0) is 12.8. The van der Waals surface area contributed by atoms with Crippen molar-refractivity contribution in [3.63, 3.8) is 0 Å². The second kappa shape index (κ2) is 5.87. The van der Waals surface area contributed by atoms with Crippen LogP contribution >= 0.6 is 0 Å². The SMILES string of the molecule is N#CCOc1ccc(C=CC(=O)N2CCC2)cc1. The average molecular weight is 242 g/mol. The van der Waals surface area contributed by atoms with Gasteiger partial charge in [0.15, 0.2) is 6.61 Å². The first-order chi connectivity index (χ1) is 8.79. The summed E-state index contributed by atoms with van der Waals surface area (Å²) in [6.07, 6.45) is 4.48. The Hall–Kier alpha value is -2.28. The Labute approximate surface area is 106 Å². The largest absolute Gasteiger partial charge is 0.479 e. The van der Waals surface area contributed by atoms with Crippen molar-refractivity contribution in [1.82, 2.24) is 4.90 Å². The highest BCUT2D eigenvalue weighted by Gasteiger charge is 2.17. The molecular formula is C14H14N2O2. The lowest BCUT2D eigenvalue weighted by Crippen LogP contribution is -2.40. The van der Waals surface area contributed by atoms with E-state index in [2.05, 4.69) is 0 Å². The molecule has 92 valence electrons. The van der Waals surface area contributed by atoms with Gasteiger partial charge in [0, 0.05) is 19.2 Å². The lowest BCUT2D eigenvalue weighted by atomic mass is 10.2. The van der Waals surface area contributed by atoms with E-state index >= 15 is 0 Å². The quantitative estimate of drug-likeness (QED) is 0.757. The van der Waals surface area contributed by atoms with E-state index in [1.54, 1.807) is 29.2 Å². The summed E-state index contributed by atoms with van der Waals surface area (Å²) in [7, 11) is 0. The van der Waals surface area contributed by atoms with Crippen molar-refractivity contribution in [2.75, 3.05) is 19.7 Å². The molecule has 4 heteroatoms.